The van der Waals surface area contributed by atoms with E-state index in [-0.39, 0.29) is 0 Å². The van der Waals surface area contributed by atoms with Crippen LogP contribution in [0.25, 0.3) is 0 Å². The molecule has 2 atom stereocenters. The Balaban J connectivity index is 2.40. The molecule has 0 N–H and O–H groups in total. The Morgan fingerprint density at radius 1 is 1.33 bits per heavy atom. The maximum Gasteiger partial charge on any atom is 0.258 e. The molecule has 0 aliphatic carbocycles. The smallest absolute Gasteiger partial charge is 0.258 e. The summed E-state index contributed by atoms with van der Waals surface area (Å²) >= 11 is -2.69. The number of hydrogen-bond acceptors (Lipinski definition) is 6. The summed E-state index contributed by atoms with van der Waals surface area (Å²) in [6.07, 6.45) is 1.23. The number of hydrogen-bond donors (Lipinski definition) is 0. The van der Waals surface area contributed by atoms with Gasteiger partial charge in [-0.2, -0.15) is 0 Å². The summed E-state index contributed by atoms with van der Waals surface area (Å²) in [6.45, 7) is 0. The highest BCUT2D eigenvalue weighted by atomic mass is 32.2. The van der Waals surface area contributed by atoms with E-state index in [1.54, 1.807) is 30.3 Å². The average molecular weight is 224 g/mol. The van der Waals surface area contributed by atoms with Gasteiger partial charge in [-0.3, -0.25) is 4.18 Å². The van der Waals surface area contributed by atoms with E-state index in [4.69, 9.17) is 4.18 Å². The molecule has 0 spiro atoms. The van der Waals surface area contributed by atoms with Crippen LogP contribution in [-0.2, 0) is 21.3 Å². The lowest BCUT2D eigenvalue weighted by Crippen LogP contribution is -2.28. The van der Waals surface area contributed by atoms with Crippen molar-refractivity contribution in [2.24, 2.45) is 15.4 Å². The maximum atomic E-state index is 10.5. The summed E-state index contributed by atoms with van der Waals surface area (Å²) in [5.74, 6) is 0. The third kappa shape index (κ3) is 1.99. The fourth-order valence-electron chi connectivity index (χ4n) is 1.22. The van der Waals surface area contributed by atoms with Crippen molar-refractivity contribution < 1.29 is 12.9 Å². The highest BCUT2D eigenvalue weighted by Crippen LogP contribution is 2.29. The molecule has 1 aromatic carbocycles. The van der Waals surface area contributed by atoms with Crippen molar-refractivity contribution in [3.8, 4) is 0 Å². The van der Waals surface area contributed by atoms with Gasteiger partial charge in [-0.05, 0) is 5.22 Å². The standard InChI is InChI=1S/C8H7N3O3S/c12-15(13)14-8(6-9-11-10-8)7-4-2-1-3-5-7/h1-6H,(H,12,13)/p-1. The molecule has 1 aliphatic rings. The molecule has 0 amide bonds. The molecule has 0 fully saturated rings. The minimum Gasteiger partial charge on any atom is -0.750 e. The molecular weight excluding hydrogens is 218 g/mol. The van der Waals surface area contributed by atoms with Gasteiger partial charge in [-0.1, -0.05) is 30.3 Å². The first-order chi connectivity index (χ1) is 7.23. The van der Waals surface area contributed by atoms with Gasteiger partial charge < -0.3 is 4.55 Å². The molecule has 0 saturated heterocycles. The quantitative estimate of drug-likeness (QED) is 0.720. The molecule has 1 aliphatic heterocycles. The molecule has 0 saturated carbocycles. The molecule has 0 radical (unpaired) electrons. The molecule has 2 unspecified atom stereocenters. The highest BCUT2D eigenvalue weighted by molar-refractivity contribution is 7.74. The van der Waals surface area contributed by atoms with Gasteiger partial charge in [0.15, 0.2) is 0 Å². The Bertz CT molecular complexity index is 420. The van der Waals surface area contributed by atoms with Crippen molar-refractivity contribution >= 4 is 17.6 Å². The van der Waals surface area contributed by atoms with Crippen LogP contribution in [0.15, 0.2) is 45.8 Å². The SMILES string of the molecule is O=S([O-])OC1(c2ccccc2)C=NN=N1. The summed E-state index contributed by atoms with van der Waals surface area (Å²) in [7, 11) is 0. The Morgan fingerprint density at radius 3 is 2.60 bits per heavy atom. The lowest BCUT2D eigenvalue weighted by molar-refractivity contribution is 0.156. The summed E-state index contributed by atoms with van der Waals surface area (Å²) in [5, 5.41) is 10.5. The van der Waals surface area contributed by atoms with Gasteiger partial charge in [-0.25, -0.2) is 4.21 Å². The van der Waals surface area contributed by atoms with Crippen LogP contribution in [-0.4, -0.2) is 15.0 Å². The van der Waals surface area contributed by atoms with Gasteiger partial charge >= 0.3 is 0 Å². The molecular formula is C8H6N3O3S-. The summed E-state index contributed by atoms with van der Waals surface area (Å²) in [4.78, 5) is 0. The molecule has 0 aromatic heterocycles. The van der Waals surface area contributed by atoms with Crippen molar-refractivity contribution in [3.05, 3.63) is 35.9 Å². The zero-order valence-electron chi connectivity index (χ0n) is 7.44. The lowest BCUT2D eigenvalue weighted by Gasteiger charge is -2.22. The summed E-state index contributed by atoms with van der Waals surface area (Å²) in [5.41, 5.74) is -0.882. The zero-order valence-corrected chi connectivity index (χ0v) is 8.26. The topological polar surface area (TPSA) is 86.4 Å². The number of benzene rings is 1. The highest BCUT2D eigenvalue weighted by Gasteiger charge is 2.35. The van der Waals surface area contributed by atoms with E-state index in [1.165, 1.54) is 6.21 Å². The molecule has 6 nitrogen and oxygen atoms in total. The van der Waals surface area contributed by atoms with Crippen LogP contribution in [0, 0.1) is 0 Å². The number of nitrogens with zero attached hydrogens (tertiary/aromatic N) is 3. The zero-order chi connectivity index (χ0) is 10.7. The van der Waals surface area contributed by atoms with Crippen LogP contribution in [0.5, 0.6) is 0 Å². The Labute approximate surface area is 88.2 Å². The Hall–Kier alpha value is -1.44. The van der Waals surface area contributed by atoms with E-state index in [0.29, 0.717) is 5.56 Å². The fraction of sp³-hybridized carbons (Fsp3) is 0.125. The normalized spacial score (nSPS) is 25.7. The molecule has 1 heterocycles. The second-order valence-electron chi connectivity index (χ2n) is 2.78. The summed E-state index contributed by atoms with van der Waals surface area (Å²) < 4.78 is 25.8. The predicted molar refractivity (Wildman–Crippen MR) is 51.5 cm³/mol. The van der Waals surface area contributed by atoms with Crippen LogP contribution < -0.4 is 0 Å². The Kier molecular flexibility index (Phi) is 2.67. The average Bonchev–Trinajstić information content (AvgIpc) is 2.68. The van der Waals surface area contributed by atoms with Gasteiger partial charge in [0.1, 0.15) is 0 Å². The fourth-order valence-corrected chi connectivity index (χ4v) is 1.60. The van der Waals surface area contributed by atoms with E-state index < -0.39 is 17.1 Å². The van der Waals surface area contributed by atoms with Crippen LogP contribution in [0.4, 0.5) is 0 Å². The monoisotopic (exact) mass is 224 g/mol. The van der Waals surface area contributed by atoms with E-state index in [9.17, 15) is 8.76 Å². The molecule has 2 rings (SSSR count). The molecule has 78 valence electrons. The van der Waals surface area contributed by atoms with E-state index in [2.05, 4.69) is 15.4 Å². The molecule has 0 bridgehead atoms. The predicted octanol–water partition coefficient (Wildman–Crippen LogP) is 1.10. The van der Waals surface area contributed by atoms with E-state index in [1.807, 2.05) is 0 Å². The molecule has 15 heavy (non-hydrogen) atoms. The van der Waals surface area contributed by atoms with E-state index >= 15 is 0 Å². The number of rotatable bonds is 3. The molecule has 1 aromatic rings. The maximum absolute atomic E-state index is 10.5. The van der Waals surface area contributed by atoms with Crippen LogP contribution in [0.3, 0.4) is 0 Å². The third-order valence-corrected chi connectivity index (χ3v) is 2.25. The van der Waals surface area contributed by atoms with Crippen LogP contribution >= 0.6 is 0 Å². The van der Waals surface area contributed by atoms with Gasteiger partial charge in [0.2, 0.25) is 0 Å². The van der Waals surface area contributed by atoms with Crippen molar-refractivity contribution in [1.82, 2.24) is 0 Å². The first kappa shape index (κ1) is 10.1. The van der Waals surface area contributed by atoms with Crippen LogP contribution in [0.1, 0.15) is 5.56 Å². The molecule has 7 heteroatoms. The minimum absolute atomic E-state index is 0.555. The second kappa shape index (κ2) is 3.97. The van der Waals surface area contributed by atoms with E-state index in [0.717, 1.165) is 0 Å². The van der Waals surface area contributed by atoms with Gasteiger partial charge in [0.05, 0.1) is 17.6 Å². The van der Waals surface area contributed by atoms with Gasteiger partial charge in [-0.15, -0.1) is 10.2 Å². The third-order valence-electron chi connectivity index (χ3n) is 1.86. The van der Waals surface area contributed by atoms with Crippen molar-refractivity contribution in [2.45, 2.75) is 5.72 Å². The lowest BCUT2D eigenvalue weighted by atomic mass is 10.1. The van der Waals surface area contributed by atoms with Crippen molar-refractivity contribution in [3.63, 3.8) is 0 Å². The Morgan fingerprint density at radius 2 is 2.07 bits per heavy atom. The first-order valence-electron chi connectivity index (χ1n) is 4.04. The van der Waals surface area contributed by atoms with Crippen molar-refractivity contribution in [2.75, 3.05) is 0 Å². The van der Waals surface area contributed by atoms with Crippen molar-refractivity contribution in [1.29, 1.82) is 0 Å². The summed E-state index contributed by atoms with van der Waals surface area (Å²) in [6, 6.07) is 8.66. The first-order valence-corrected chi connectivity index (χ1v) is 5.04. The van der Waals surface area contributed by atoms with Gasteiger partial charge in [0, 0.05) is 5.56 Å². The second-order valence-corrected chi connectivity index (χ2v) is 3.36. The minimum atomic E-state index is -2.69. The van der Waals surface area contributed by atoms with Gasteiger partial charge in [0.25, 0.3) is 5.72 Å². The van der Waals surface area contributed by atoms with Crippen LogP contribution in [0.2, 0.25) is 0 Å². The largest absolute Gasteiger partial charge is 0.750 e.